The molecule has 0 heterocycles. The number of nitrogens with zero attached hydrogens (tertiary/aromatic N) is 1. The number of hydrogen-bond acceptors (Lipinski definition) is 5. The van der Waals surface area contributed by atoms with E-state index in [1.165, 1.54) is 0 Å². The summed E-state index contributed by atoms with van der Waals surface area (Å²) in [6, 6.07) is 22.2. The summed E-state index contributed by atoms with van der Waals surface area (Å²) in [5.74, 6) is 1.63. The zero-order valence-corrected chi connectivity index (χ0v) is 21.3. The van der Waals surface area contributed by atoms with Gasteiger partial charge >= 0.3 is 0 Å². The van der Waals surface area contributed by atoms with Crippen LogP contribution in [-0.2, 0) is 29.0 Å². The van der Waals surface area contributed by atoms with Crippen LogP contribution < -0.4 is 19.5 Å². The number of ether oxygens (including phenoxy) is 3. The van der Waals surface area contributed by atoms with Crippen molar-refractivity contribution in [1.29, 1.82) is 0 Å². The van der Waals surface area contributed by atoms with E-state index in [1.807, 2.05) is 72.8 Å². The maximum atomic E-state index is 13.7. The predicted molar refractivity (Wildman–Crippen MR) is 139 cm³/mol. The van der Waals surface area contributed by atoms with Crippen LogP contribution >= 0.6 is 0 Å². The Morgan fingerprint density at radius 2 is 1.53 bits per heavy atom. The third-order valence-electron chi connectivity index (χ3n) is 6.08. The van der Waals surface area contributed by atoms with Crippen LogP contribution in [0.3, 0.4) is 0 Å². The molecule has 3 rings (SSSR count). The van der Waals surface area contributed by atoms with Gasteiger partial charge < -0.3 is 24.4 Å². The highest BCUT2D eigenvalue weighted by molar-refractivity contribution is 5.88. The van der Waals surface area contributed by atoms with E-state index in [2.05, 4.69) is 5.32 Å². The van der Waals surface area contributed by atoms with Crippen LogP contribution in [0.5, 0.6) is 17.2 Å². The van der Waals surface area contributed by atoms with Gasteiger partial charge in [-0.1, -0.05) is 48.5 Å². The molecule has 0 fully saturated rings. The van der Waals surface area contributed by atoms with Crippen LogP contribution in [0.15, 0.2) is 72.8 Å². The van der Waals surface area contributed by atoms with E-state index in [4.69, 9.17) is 14.2 Å². The quantitative estimate of drug-likeness (QED) is 0.415. The minimum Gasteiger partial charge on any atom is -0.497 e. The Balaban J connectivity index is 1.88. The first-order valence-corrected chi connectivity index (χ1v) is 11.9. The lowest BCUT2D eigenvalue weighted by atomic mass is 10.0. The van der Waals surface area contributed by atoms with Crippen molar-refractivity contribution in [2.45, 2.75) is 31.8 Å². The van der Waals surface area contributed by atoms with E-state index in [0.717, 1.165) is 16.7 Å². The van der Waals surface area contributed by atoms with E-state index < -0.39 is 6.04 Å². The van der Waals surface area contributed by atoms with Crippen molar-refractivity contribution < 1.29 is 23.8 Å². The number of carbonyl (C=O) groups excluding carboxylic acids is 2. The second-order valence-corrected chi connectivity index (χ2v) is 8.38. The Morgan fingerprint density at radius 1 is 0.806 bits per heavy atom. The number of nitrogens with one attached hydrogen (secondary N) is 1. The van der Waals surface area contributed by atoms with Crippen molar-refractivity contribution in [3.63, 3.8) is 0 Å². The molecule has 0 aromatic heterocycles. The Morgan fingerprint density at radius 3 is 2.19 bits per heavy atom. The second-order valence-electron chi connectivity index (χ2n) is 8.38. The third-order valence-corrected chi connectivity index (χ3v) is 6.08. The molecular weight excluding hydrogens is 456 g/mol. The zero-order chi connectivity index (χ0) is 25.9. The van der Waals surface area contributed by atoms with E-state index in [0.29, 0.717) is 30.1 Å². The Labute approximate surface area is 213 Å². The standard InChI is InChI=1S/C29H34N2O5/c1-30-29(33)25(18-21-9-6-5-7-10-21)31(20-23-11-8-12-24(17-23)34-2)28(32)16-14-22-13-15-26(35-3)27(19-22)36-4/h5-13,15,17,19,25H,14,16,18,20H2,1-4H3,(H,30,33)/t25-/m0/s1. The van der Waals surface area contributed by atoms with Crippen LogP contribution in [0.4, 0.5) is 0 Å². The van der Waals surface area contributed by atoms with Gasteiger partial charge in [0.25, 0.3) is 0 Å². The van der Waals surface area contributed by atoms with Gasteiger partial charge in [0.1, 0.15) is 11.8 Å². The van der Waals surface area contributed by atoms with Gasteiger partial charge in [-0.05, 0) is 47.4 Å². The molecule has 0 spiro atoms. The molecule has 0 saturated carbocycles. The summed E-state index contributed by atoms with van der Waals surface area (Å²) in [4.78, 5) is 28.4. The fourth-order valence-electron chi connectivity index (χ4n) is 4.12. The molecule has 0 aliphatic carbocycles. The highest BCUT2D eigenvalue weighted by atomic mass is 16.5. The van der Waals surface area contributed by atoms with Gasteiger partial charge in [-0.3, -0.25) is 9.59 Å². The molecule has 0 radical (unpaired) electrons. The van der Waals surface area contributed by atoms with Crippen molar-refractivity contribution >= 4 is 11.8 Å². The van der Waals surface area contributed by atoms with E-state index in [-0.39, 0.29) is 24.8 Å². The fourth-order valence-corrected chi connectivity index (χ4v) is 4.12. The number of carbonyl (C=O) groups is 2. The molecule has 0 bridgehead atoms. The summed E-state index contributed by atoms with van der Waals surface area (Å²) in [6.45, 7) is 0.285. The summed E-state index contributed by atoms with van der Waals surface area (Å²) in [5.41, 5.74) is 2.81. The van der Waals surface area contributed by atoms with Crippen LogP contribution in [0, 0.1) is 0 Å². The molecule has 0 saturated heterocycles. The lowest BCUT2D eigenvalue weighted by molar-refractivity contribution is -0.141. The van der Waals surface area contributed by atoms with Crippen LogP contribution in [-0.4, -0.2) is 51.1 Å². The smallest absolute Gasteiger partial charge is 0.242 e. The number of likely N-dealkylation sites (N-methyl/N-ethyl adjacent to an activating group) is 1. The number of aryl methyl sites for hydroxylation is 1. The largest absolute Gasteiger partial charge is 0.497 e. The maximum Gasteiger partial charge on any atom is 0.242 e. The monoisotopic (exact) mass is 490 g/mol. The normalized spacial score (nSPS) is 11.3. The lowest BCUT2D eigenvalue weighted by Crippen LogP contribution is -2.49. The molecule has 0 aliphatic rings. The molecule has 3 aromatic carbocycles. The summed E-state index contributed by atoms with van der Waals surface area (Å²) >= 11 is 0. The molecule has 190 valence electrons. The SMILES string of the molecule is CNC(=O)[C@H](Cc1ccccc1)N(Cc1cccc(OC)c1)C(=O)CCc1ccc(OC)c(OC)c1. The van der Waals surface area contributed by atoms with Crippen molar-refractivity contribution in [2.75, 3.05) is 28.4 Å². The highest BCUT2D eigenvalue weighted by Gasteiger charge is 2.29. The van der Waals surface area contributed by atoms with Gasteiger partial charge in [0, 0.05) is 26.4 Å². The maximum absolute atomic E-state index is 13.7. The molecule has 0 aliphatic heterocycles. The summed E-state index contributed by atoms with van der Waals surface area (Å²) in [7, 11) is 6.37. The number of methoxy groups -OCH3 is 3. The first-order chi connectivity index (χ1) is 17.5. The number of hydrogen-bond donors (Lipinski definition) is 1. The van der Waals surface area contributed by atoms with Crippen LogP contribution in [0.25, 0.3) is 0 Å². The average Bonchev–Trinajstić information content (AvgIpc) is 2.93. The fraction of sp³-hybridized carbons (Fsp3) is 0.310. The molecule has 7 nitrogen and oxygen atoms in total. The molecule has 0 unspecified atom stereocenters. The Hall–Kier alpha value is -4.00. The summed E-state index contributed by atoms with van der Waals surface area (Å²) in [5, 5.41) is 2.74. The molecular formula is C29H34N2O5. The van der Waals surface area contributed by atoms with Crippen molar-refractivity contribution in [1.82, 2.24) is 10.2 Å². The van der Waals surface area contributed by atoms with Gasteiger partial charge in [-0.15, -0.1) is 0 Å². The van der Waals surface area contributed by atoms with Crippen LogP contribution in [0.2, 0.25) is 0 Å². The van der Waals surface area contributed by atoms with E-state index >= 15 is 0 Å². The molecule has 3 aromatic rings. The second kappa shape index (κ2) is 13.2. The minimum absolute atomic E-state index is 0.114. The van der Waals surface area contributed by atoms with Crippen molar-refractivity contribution in [3.05, 3.63) is 89.5 Å². The lowest BCUT2D eigenvalue weighted by Gasteiger charge is -2.31. The number of rotatable bonds is 12. The van der Waals surface area contributed by atoms with Crippen molar-refractivity contribution in [2.24, 2.45) is 0 Å². The summed E-state index contributed by atoms with van der Waals surface area (Å²) in [6.07, 6.45) is 1.15. The third kappa shape index (κ3) is 7.01. The molecule has 7 heteroatoms. The minimum atomic E-state index is -0.665. The number of benzene rings is 3. The first kappa shape index (κ1) is 26.6. The van der Waals surface area contributed by atoms with Crippen molar-refractivity contribution in [3.8, 4) is 17.2 Å². The molecule has 2 amide bonds. The van der Waals surface area contributed by atoms with Crippen LogP contribution in [0.1, 0.15) is 23.1 Å². The summed E-state index contributed by atoms with van der Waals surface area (Å²) < 4.78 is 16.1. The predicted octanol–water partition coefficient (Wildman–Crippen LogP) is 4.03. The average molecular weight is 491 g/mol. The van der Waals surface area contributed by atoms with E-state index in [9.17, 15) is 9.59 Å². The van der Waals surface area contributed by atoms with E-state index in [1.54, 1.807) is 33.3 Å². The molecule has 1 N–H and O–H groups in total. The Kier molecular flexibility index (Phi) is 9.74. The zero-order valence-electron chi connectivity index (χ0n) is 21.3. The number of amides is 2. The Bertz CT molecular complexity index is 1150. The topological polar surface area (TPSA) is 77.1 Å². The van der Waals surface area contributed by atoms with Gasteiger partial charge in [0.15, 0.2) is 11.5 Å². The van der Waals surface area contributed by atoms with Gasteiger partial charge in [-0.25, -0.2) is 0 Å². The molecule has 1 atom stereocenters. The first-order valence-electron chi connectivity index (χ1n) is 11.9. The van der Waals surface area contributed by atoms with Gasteiger partial charge in [-0.2, -0.15) is 0 Å². The highest BCUT2D eigenvalue weighted by Crippen LogP contribution is 2.28. The van der Waals surface area contributed by atoms with Gasteiger partial charge in [0.05, 0.1) is 21.3 Å². The van der Waals surface area contributed by atoms with Gasteiger partial charge in [0.2, 0.25) is 11.8 Å². The molecule has 36 heavy (non-hydrogen) atoms.